The molecule has 4 aromatic rings. The van der Waals surface area contributed by atoms with Crippen molar-refractivity contribution in [3.8, 4) is 16.9 Å². The van der Waals surface area contributed by atoms with Gasteiger partial charge in [-0.2, -0.15) is 5.10 Å². The van der Waals surface area contributed by atoms with Crippen LogP contribution < -0.4 is 11.0 Å². The van der Waals surface area contributed by atoms with Crippen LogP contribution in [0.1, 0.15) is 10.4 Å². The fraction of sp³-hybridized carbons (Fsp3) is 0.0952. The first-order valence-corrected chi connectivity index (χ1v) is 9.00. The minimum absolute atomic E-state index is 0.186. The largest absolute Gasteiger partial charge is 0.328 e. The van der Waals surface area contributed by atoms with Crippen LogP contribution in [0.5, 0.6) is 0 Å². The van der Waals surface area contributed by atoms with Crippen molar-refractivity contribution in [3.05, 3.63) is 82.3 Å². The minimum Gasteiger partial charge on any atom is -0.328 e. The van der Waals surface area contributed by atoms with Crippen LogP contribution in [0, 0.1) is 11.6 Å². The summed E-state index contributed by atoms with van der Waals surface area (Å²) in [7, 11) is 3.39. The number of para-hydroxylation sites is 1. The monoisotopic (exact) mass is 409 g/mol. The Balaban J connectivity index is 1.89. The first-order chi connectivity index (χ1) is 14.4. The summed E-state index contributed by atoms with van der Waals surface area (Å²) < 4.78 is 29.9. The van der Waals surface area contributed by atoms with Crippen molar-refractivity contribution in [1.29, 1.82) is 0 Å². The van der Waals surface area contributed by atoms with Gasteiger partial charge in [0.1, 0.15) is 11.4 Å². The number of nitrogens with zero attached hydrogens (tertiary/aromatic N) is 3. The molecule has 2 N–H and O–H groups in total. The van der Waals surface area contributed by atoms with Crippen molar-refractivity contribution in [2.24, 2.45) is 0 Å². The second-order valence-corrected chi connectivity index (χ2v) is 6.81. The predicted molar refractivity (Wildman–Crippen MR) is 108 cm³/mol. The molecule has 0 fully saturated rings. The van der Waals surface area contributed by atoms with Gasteiger partial charge in [-0.05, 0) is 30.3 Å². The minimum atomic E-state index is -0.804. The zero-order valence-corrected chi connectivity index (χ0v) is 16.1. The molecule has 0 aliphatic carbocycles. The molecular formula is C21H17F2N5O2. The number of H-pyrrole nitrogens is 1. The molecule has 0 unspecified atom stereocenters. The summed E-state index contributed by atoms with van der Waals surface area (Å²) in [4.78, 5) is 27.2. The maximum atomic E-state index is 14.4. The standard InChI is InChI=1S/C21H17F2N5O2/c1-27(2)26-20(29)13-8-6-12(7-9-13)18-17-16(10-11-24-21(17)30)28(25-18)19-14(22)4-3-5-15(19)23/h3-11H,1-2H3,(H,24,30)(H,26,29). The molecule has 2 heterocycles. The van der Waals surface area contributed by atoms with Crippen LogP contribution in [-0.2, 0) is 0 Å². The van der Waals surface area contributed by atoms with E-state index >= 15 is 0 Å². The van der Waals surface area contributed by atoms with Gasteiger partial charge < -0.3 is 4.98 Å². The third kappa shape index (κ3) is 3.35. The summed E-state index contributed by atoms with van der Waals surface area (Å²) in [6.45, 7) is 0. The van der Waals surface area contributed by atoms with E-state index in [0.29, 0.717) is 11.1 Å². The Labute approximate surface area is 169 Å². The SMILES string of the molecule is CN(C)NC(=O)c1ccc(-c2nn(-c3c(F)cccc3F)c3cc[nH]c(=O)c23)cc1. The molecule has 0 spiro atoms. The van der Waals surface area contributed by atoms with Crippen LogP contribution in [0.4, 0.5) is 8.78 Å². The number of hydrazine groups is 1. The van der Waals surface area contributed by atoms with E-state index in [2.05, 4.69) is 15.5 Å². The van der Waals surface area contributed by atoms with E-state index in [4.69, 9.17) is 0 Å². The highest BCUT2D eigenvalue weighted by molar-refractivity contribution is 5.96. The van der Waals surface area contributed by atoms with Crippen molar-refractivity contribution in [1.82, 2.24) is 25.2 Å². The van der Waals surface area contributed by atoms with Gasteiger partial charge in [0.25, 0.3) is 11.5 Å². The Hall–Kier alpha value is -3.85. The lowest BCUT2D eigenvalue weighted by Gasteiger charge is -2.11. The molecule has 0 saturated carbocycles. The number of nitrogens with one attached hydrogen (secondary N) is 2. The number of rotatable bonds is 4. The Morgan fingerprint density at radius 2 is 1.73 bits per heavy atom. The number of hydrogen-bond acceptors (Lipinski definition) is 4. The van der Waals surface area contributed by atoms with Gasteiger partial charge in [0.15, 0.2) is 11.6 Å². The molecule has 2 aromatic carbocycles. The molecule has 0 radical (unpaired) electrons. The lowest BCUT2D eigenvalue weighted by Crippen LogP contribution is -2.36. The molecule has 152 valence electrons. The van der Waals surface area contributed by atoms with Crippen molar-refractivity contribution < 1.29 is 13.6 Å². The van der Waals surface area contributed by atoms with Crippen LogP contribution in [-0.4, -0.2) is 39.8 Å². The average Bonchev–Trinajstić information content (AvgIpc) is 3.08. The number of amides is 1. The number of pyridine rings is 1. The van der Waals surface area contributed by atoms with Gasteiger partial charge >= 0.3 is 0 Å². The van der Waals surface area contributed by atoms with Crippen molar-refractivity contribution in [3.63, 3.8) is 0 Å². The first kappa shape index (κ1) is 19.5. The molecule has 30 heavy (non-hydrogen) atoms. The van der Waals surface area contributed by atoms with Crippen molar-refractivity contribution in [2.75, 3.05) is 14.1 Å². The van der Waals surface area contributed by atoms with Gasteiger partial charge in [0.2, 0.25) is 0 Å². The summed E-state index contributed by atoms with van der Waals surface area (Å²) in [5.74, 6) is -1.91. The lowest BCUT2D eigenvalue weighted by atomic mass is 10.1. The van der Waals surface area contributed by atoms with E-state index in [1.807, 2.05) is 0 Å². The summed E-state index contributed by atoms with van der Waals surface area (Å²) in [5, 5.41) is 6.05. The van der Waals surface area contributed by atoms with Gasteiger partial charge in [-0.15, -0.1) is 0 Å². The van der Waals surface area contributed by atoms with E-state index in [1.54, 1.807) is 38.4 Å². The van der Waals surface area contributed by atoms with E-state index in [9.17, 15) is 18.4 Å². The quantitative estimate of drug-likeness (QED) is 0.508. The number of aromatic amines is 1. The Morgan fingerprint density at radius 3 is 2.37 bits per heavy atom. The van der Waals surface area contributed by atoms with Crippen LogP contribution in [0.15, 0.2) is 59.5 Å². The number of halogens is 2. The molecule has 7 nitrogen and oxygen atoms in total. The third-order valence-electron chi connectivity index (χ3n) is 4.50. The molecule has 4 rings (SSSR count). The normalized spacial score (nSPS) is 11.2. The highest BCUT2D eigenvalue weighted by Crippen LogP contribution is 2.29. The Morgan fingerprint density at radius 1 is 1.07 bits per heavy atom. The number of benzene rings is 2. The first-order valence-electron chi connectivity index (χ1n) is 9.00. The number of carbonyl (C=O) groups excluding carboxylic acids is 1. The third-order valence-corrected chi connectivity index (χ3v) is 4.50. The zero-order chi connectivity index (χ0) is 21.4. The topological polar surface area (TPSA) is 83.0 Å². The van der Waals surface area contributed by atoms with Crippen LogP contribution in [0.3, 0.4) is 0 Å². The molecule has 0 atom stereocenters. The number of hydrogen-bond donors (Lipinski definition) is 2. The van der Waals surface area contributed by atoms with Crippen LogP contribution >= 0.6 is 0 Å². The fourth-order valence-corrected chi connectivity index (χ4v) is 3.19. The molecule has 0 aliphatic rings. The molecule has 2 aromatic heterocycles. The predicted octanol–water partition coefficient (Wildman–Crippen LogP) is 2.87. The van der Waals surface area contributed by atoms with Crippen LogP contribution in [0.25, 0.3) is 27.8 Å². The molecular weight excluding hydrogens is 392 g/mol. The second-order valence-electron chi connectivity index (χ2n) is 6.81. The highest BCUT2D eigenvalue weighted by Gasteiger charge is 2.21. The van der Waals surface area contributed by atoms with Gasteiger partial charge in [-0.25, -0.2) is 18.5 Å². The smallest absolute Gasteiger partial charge is 0.265 e. The number of carbonyl (C=O) groups is 1. The summed E-state index contributed by atoms with van der Waals surface area (Å²) in [6.07, 6.45) is 1.39. The molecule has 0 saturated heterocycles. The van der Waals surface area contributed by atoms with Gasteiger partial charge in [0, 0.05) is 31.4 Å². The van der Waals surface area contributed by atoms with E-state index in [-0.39, 0.29) is 28.2 Å². The Bertz CT molecular complexity index is 1290. The fourth-order valence-electron chi connectivity index (χ4n) is 3.19. The summed E-state index contributed by atoms with van der Waals surface area (Å²) in [6, 6.07) is 11.4. The molecule has 0 aliphatic heterocycles. The second kappa shape index (κ2) is 7.53. The zero-order valence-electron chi connectivity index (χ0n) is 16.1. The average molecular weight is 409 g/mol. The van der Waals surface area contributed by atoms with E-state index in [0.717, 1.165) is 16.8 Å². The molecule has 0 bridgehead atoms. The molecule has 1 amide bonds. The van der Waals surface area contributed by atoms with E-state index < -0.39 is 17.2 Å². The summed E-state index contributed by atoms with van der Waals surface area (Å²) >= 11 is 0. The van der Waals surface area contributed by atoms with Gasteiger partial charge in [-0.3, -0.25) is 15.0 Å². The number of aromatic nitrogens is 3. The lowest BCUT2D eigenvalue weighted by molar-refractivity contribution is 0.0857. The van der Waals surface area contributed by atoms with E-state index in [1.165, 1.54) is 23.3 Å². The van der Waals surface area contributed by atoms with Gasteiger partial charge in [0.05, 0.1) is 10.9 Å². The van der Waals surface area contributed by atoms with Crippen molar-refractivity contribution in [2.45, 2.75) is 0 Å². The summed E-state index contributed by atoms with van der Waals surface area (Å²) in [5.41, 5.74) is 3.24. The van der Waals surface area contributed by atoms with Crippen molar-refractivity contribution >= 4 is 16.8 Å². The Kier molecular flexibility index (Phi) is 4.88. The maximum absolute atomic E-state index is 14.4. The van der Waals surface area contributed by atoms with Gasteiger partial charge in [-0.1, -0.05) is 18.2 Å². The highest BCUT2D eigenvalue weighted by atomic mass is 19.1. The maximum Gasteiger partial charge on any atom is 0.265 e. The molecule has 9 heteroatoms. The van der Waals surface area contributed by atoms with Crippen LogP contribution in [0.2, 0.25) is 0 Å². The number of fused-ring (bicyclic) bond motifs is 1.